The number of amides is 1. The topological polar surface area (TPSA) is 77.8 Å². The SMILES string of the molecule is COc1coc(C(=O)NC2CCCOc3c(F)cccc32)cc1=O. The van der Waals surface area contributed by atoms with Crippen LogP contribution in [0.3, 0.4) is 0 Å². The molecule has 1 aromatic carbocycles. The van der Waals surface area contributed by atoms with Crippen LogP contribution >= 0.6 is 0 Å². The van der Waals surface area contributed by atoms with Crippen LogP contribution in [0.4, 0.5) is 4.39 Å². The first-order valence-electron chi connectivity index (χ1n) is 7.49. The van der Waals surface area contributed by atoms with Gasteiger partial charge in [-0.05, 0) is 18.9 Å². The minimum atomic E-state index is -0.558. The van der Waals surface area contributed by atoms with Gasteiger partial charge < -0.3 is 19.2 Å². The van der Waals surface area contributed by atoms with Crippen molar-refractivity contribution < 1.29 is 23.1 Å². The monoisotopic (exact) mass is 333 g/mol. The Labute approximate surface area is 137 Å². The van der Waals surface area contributed by atoms with Crippen molar-refractivity contribution >= 4 is 5.91 Å². The quantitative estimate of drug-likeness (QED) is 0.933. The van der Waals surface area contributed by atoms with Gasteiger partial charge in [-0.3, -0.25) is 9.59 Å². The van der Waals surface area contributed by atoms with Crippen LogP contribution in [0.2, 0.25) is 0 Å². The number of methoxy groups -OCH3 is 1. The first kappa shape index (κ1) is 16.0. The fraction of sp³-hybridized carbons (Fsp3) is 0.294. The Kier molecular flexibility index (Phi) is 4.50. The third kappa shape index (κ3) is 3.10. The highest BCUT2D eigenvalue weighted by Gasteiger charge is 2.25. The predicted octanol–water partition coefficient (Wildman–Crippen LogP) is 2.43. The summed E-state index contributed by atoms with van der Waals surface area (Å²) in [5, 5.41) is 2.76. The number of para-hydroxylation sites is 1. The zero-order valence-electron chi connectivity index (χ0n) is 13.0. The molecule has 6 nitrogen and oxygen atoms in total. The smallest absolute Gasteiger partial charge is 0.287 e. The molecular weight excluding hydrogens is 317 g/mol. The molecule has 0 spiro atoms. The molecule has 1 aromatic heterocycles. The Balaban J connectivity index is 1.86. The van der Waals surface area contributed by atoms with E-state index in [9.17, 15) is 14.0 Å². The van der Waals surface area contributed by atoms with E-state index in [0.29, 0.717) is 25.0 Å². The number of fused-ring (bicyclic) bond motifs is 1. The minimum absolute atomic E-state index is 0.0156. The van der Waals surface area contributed by atoms with Crippen molar-refractivity contribution in [2.24, 2.45) is 0 Å². The maximum Gasteiger partial charge on any atom is 0.287 e. The maximum absolute atomic E-state index is 13.9. The second-order valence-electron chi connectivity index (χ2n) is 5.35. The highest BCUT2D eigenvalue weighted by atomic mass is 19.1. The standard InChI is InChI=1S/C17H16FNO5/c1-22-15-9-24-14(8-13(15)20)17(21)19-12-6-3-7-23-16-10(12)4-2-5-11(16)18/h2,4-5,8-9,12H,3,6-7H2,1H3,(H,19,21). The van der Waals surface area contributed by atoms with Crippen molar-refractivity contribution in [2.75, 3.05) is 13.7 Å². The van der Waals surface area contributed by atoms with Gasteiger partial charge in [-0.1, -0.05) is 12.1 Å². The second kappa shape index (κ2) is 6.74. The van der Waals surface area contributed by atoms with Crippen LogP contribution in [-0.4, -0.2) is 19.6 Å². The Morgan fingerprint density at radius 3 is 3.00 bits per heavy atom. The lowest BCUT2D eigenvalue weighted by Crippen LogP contribution is -2.29. The molecule has 2 heterocycles. The minimum Gasteiger partial charge on any atom is -0.490 e. The van der Waals surface area contributed by atoms with E-state index < -0.39 is 23.2 Å². The molecular formula is C17H16FNO5. The molecule has 1 amide bonds. The van der Waals surface area contributed by atoms with E-state index in [1.165, 1.54) is 13.2 Å². The molecule has 0 bridgehead atoms. The average molecular weight is 333 g/mol. The Morgan fingerprint density at radius 1 is 1.42 bits per heavy atom. The molecule has 0 radical (unpaired) electrons. The maximum atomic E-state index is 13.9. The number of ether oxygens (including phenoxy) is 2. The number of halogens is 1. The van der Waals surface area contributed by atoms with Gasteiger partial charge in [0.15, 0.2) is 17.3 Å². The van der Waals surface area contributed by atoms with E-state index >= 15 is 0 Å². The summed E-state index contributed by atoms with van der Waals surface area (Å²) in [6.45, 7) is 0.373. The Morgan fingerprint density at radius 2 is 2.25 bits per heavy atom. The molecule has 0 fully saturated rings. The molecule has 3 rings (SSSR count). The summed E-state index contributed by atoms with van der Waals surface area (Å²) in [5.74, 6) is -0.997. The van der Waals surface area contributed by atoms with Crippen molar-refractivity contribution in [1.82, 2.24) is 5.32 Å². The normalized spacial score (nSPS) is 16.5. The van der Waals surface area contributed by atoms with E-state index in [1.807, 2.05) is 0 Å². The zero-order valence-corrected chi connectivity index (χ0v) is 13.0. The first-order chi connectivity index (χ1) is 11.6. The molecule has 126 valence electrons. The second-order valence-corrected chi connectivity index (χ2v) is 5.35. The molecule has 1 N–H and O–H groups in total. The molecule has 1 unspecified atom stereocenters. The number of benzene rings is 1. The fourth-order valence-corrected chi connectivity index (χ4v) is 2.62. The van der Waals surface area contributed by atoms with Crippen LogP contribution in [0.1, 0.15) is 35.0 Å². The van der Waals surface area contributed by atoms with Crippen LogP contribution < -0.4 is 20.2 Å². The van der Waals surface area contributed by atoms with Crippen LogP contribution in [0, 0.1) is 5.82 Å². The van der Waals surface area contributed by atoms with Crippen LogP contribution in [-0.2, 0) is 0 Å². The van der Waals surface area contributed by atoms with Crippen LogP contribution in [0.5, 0.6) is 11.5 Å². The van der Waals surface area contributed by atoms with E-state index in [-0.39, 0.29) is 17.3 Å². The molecule has 0 saturated heterocycles. The van der Waals surface area contributed by atoms with Gasteiger partial charge in [-0.2, -0.15) is 0 Å². The number of carbonyl (C=O) groups excluding carboxylic acids is 1. The van der Waals surface area contributed by atoms with Gasteiger partial charge in [0.05, 0.1) is 19.8 Å². The summed E-state index contributed by atoms with van der Waals surface area (Å²) in [4.78, 5) is 24.1. The lowest BCUT2D eigenvalue weighted by Gasteiger charge is -2.18. The molecule has 1 aliphatic rings. The molecule has 0 aliphatic carbocycles. The lowest BCUT2D eigenvalue weighted by molar-refractivity contribution is 0.0903. The molecule has 1 atom stereocenters. The summed E-state index contributed by atoms with van der Waals surface area (Å²) >= 11 is 0. The van der Waals surface area contributed by atoms with Gasteiger partial charge in [0.1, 0.15) is 6.26 Å². The average Bonchev–Trinajstić information content (AvgIpc) is 2.78. The first-order valence-corrected chi connectivity index (χ1v) is 7.49. The number of nitrogens with one attached hydrogen (secondary N) is 1. The van der Waals surface area contributed by atoms with Gasteiger partial charge in [-0.15, -0.1) is 0 Å². The molecule has 0 saturated carbocycles. The third-order valence-electron chi connectivity index (χ3n) is 3.80. The lowest BCUT2D eigenvalue weighted by atomic mass is 10.0. The van der Waals surface area contributed by atoms with Gasteiger partial charge in [-0.25, -0.2) is 4.39 Å². The number of carbonyl (C=O) groups is 1. The Hall–Kier alpha value is -2.83. The summed E-state index contributed by atoms with van der Waals surface area (Å²) < 4.78 is 29.3. The summed E-state index contributed by atoms with van der Waals surface area (Å²) in [6.07, 6.45) is 2.33. The molecule has 1 aliphatic heterocycles. The van der Waals surface area contributed by atoms with E-state index in [4.69, 9.17) is 13.9 Å². The number of hydrogen-bond acceptors (Lipinski definition) is 5. The Bertz CT molecular complexity index is 817. The van der Waals surface area contributed by atoms with Gasteiger partial charge >= 0.3 is 0 Å². The third-order valence-corrected chi connectivity index (χ3v) is 3.80. The van der Waals surface area contributed by atoms with Crippen LogP contribution in [0.25, 0.3) is 0 Å². The fourth-order valence-electron chi connectivity index (χ4n) is 2.62. The summed E-state index contributed by atoms with van der Waals surface area (Å²) in [7, 11) is 1.34. The van der Waals surface area contributed by atoms with Crippen LogP contribution in [0.15, 0.2) is 39.7 Å². The molecule has 24 heavy (non-hydrogen) atoms. The zero-order chi connectivity index (χ0) is 17.1. The van der Waals surface area contributed by atoms with Gasteiger partial charge in [0.25, 0.3) is 5.91 Å². The van der Waals surface area contributed by atoms with Crippen molar-refractivity contribution in [3.8, 4) is 11.5 Å². The van der Waals surface area contributed by atoms with Crippen molar-refractivity contribution in [3.63, 3.8) is 0 Å². The van der Waals surface area contributed by atoms with Gasteiger partial charge in [0, 0.05) is 11.6 Å². The predicted molar refractivity (Wildman–Crippen MR) is 82.9 cm³/mol. The van der Waals surface area contributed by atoms with E-state index in [1.54, 1.807) is 12.1 Å². The largest absolute Gasteiger partial charge is 0.490 e. The highest BCUT2D eigenvalue weighted by molar-refractivity contribution is 5.91. The summed E-state index contributed by atoms with van der Waals surface area (Å²) in [5.41, 5.74) is 0.112. The molecule has 2 aromatic rings. The highest BCUT2D eigenvalue weighted by Crippen LogP contribution is 2.33. The molecule has 7 heteroatoms. The van der Waals surface area contributed by atoms with Crippen molar-refractivity contribution in [3.05, 3.63) is 57.9 Å². The van der Waals surface area contributed by atoms with E-state index in [2.05, 4.69) is 5.32 Å². The summed E-state index contributed by atoms with van der Waals surface area (Å²) in [6, 6.07) is 5.21. The number of rotatable bonds is 3. The van der Waals surface area contributed by atoms with Gasteiger partial charge in [0.2, 0.25) is 11.2 Å². The number of hydrogen-bond donors (Lipinski definition) is 1. The van der Waals surface area contributed by atoms with Crippen molar-refractivity contribution in [2.45, 2.75) is 18.9 Å². The van der Waals surface area contributed by atoms with E-state index in [0.717, 1.165) is 12.3 Å². The van der Waals surface area contributed by atoms with Crippen molar-refractivity contribution in [1.29, 1.82) is 0 Å².